The highest BCUT2D eigenvalue weighted by atomic mass is 16.5. The van der Waals surface area contributed by atoms with Gasteiger partial charge in [-0.1, -0.05) is 29.5 Å². The van der Waals surface area contributed by atoms with Gasteiger partial charge in [-0.05, 0) is 49.6 Å². The number of ether oxygens (including phenoxy) is 1. The molecule has 4 aliphatic heterocycles. The smallest absolute Gasteiger partial charge is 0.227 e. The minimum Gasteiger partial charge on any atom is -0.508 e. The second-order valence-electron chi connectivity index (χ2n) is 10.4. The van der Waals surface area contributed by atoms with Gasteiger partial charge in [-0.15, -0.1) is 5.10 Å². The highest BCUT2D eigenvalue weighted by molar-refractivity contribution is 5.80. The molecule has 4 aliphatic rings. The van der Waals surface area contributed by atoms with Crippen LogP contribution in [-0.2, 0) is 11.3 Å². The SMILES string of the molecule is COc1ccccc1N1CCN(C(=O)[C@H]2CN3CC[C@@H]2C[C@@H]3Cn2cc(-c3cccc(O)c3)nn2)CC1. The zero-order valence-corrected chi connectivity index (χ0v) is 21.2. The molecule has 1 N–H and O–H groups in total. The first-order valence-electron chi connectivity index (χ1n) is 13.2. The Kier molecular flexibility index (Phi) is 6.46. The van der Waals surface area contributed by atoms with Crippen molar-refractivity contribution in [3.05, 3.63) is 54.7 Å². The summed E-state index contributed by atoms with van der Waals surface area (Å²) in [5.74, 6) is 1.93. The Morgan fingerprint density at radius 1 is 1.08 bits per heavy atom. The fourth-order valence-corrected chi connectivity index (χ4v) is 6.30. The number of aromatic hydroxyl groups is 1. The van der Waals surface area contributed by atoms with E-state index in [9.17, 15) is 9.90 Å². The van der Waals surface area contributed by atoms with Crippen molar-refractivity contribution >= 4 is 11.6 Å². The van der Waals surface area contributed by atoms with Gasteiger partial charge in [0.15, 0.2) is 0 Å². The first-order chi connectivity index (χ1) is 18.1. The average Bonchev–Trinajstić information content (AvgIpc) is 3.41. The molecule has 9 heteroatoms. The zero-order chi connectivity index (χ0) is 25.4. The van der Waals surface area contributed by atoms with Gasteiger partial charge < -0.3 is 19.6 Å². The van der Waals surface area contributed by atoms with Crippen molar-refractivity contribution in [2.75, 3.05) is 51.3 Å². The molecule has 2 aromatic carbocycles. The van der Waals surface area contributed by atoms with E-state index in [1.54, 1.807) is 19.2 Å². The fourth-order valence-electron chi connectivity index (χ4n) is 6.30. The van der Waals surface area contributed by atoms with Gasteiger partial charge >= 0.3 is 0 Å². The number of benzene rings is 2. The Hall–Kier alpha value is -3.59. The number of amides is 1. The molecule has 4 saturated heterocycles. The van der Waals surface area contributed by atoms with Crippen molar-refractivity contribution in [3.8, 4) is 22.8 Å². The summed E-state index contributed by atoms with van der Waals surface area (Å²) >= 11 is 0. The number of phenols is 1. The van der Waals surface area contributed by atoms with Crippen LogP contribution >= 0.6 is 0 Å². The molecule has 0 radical (unpaired) electrons. The van der Waals surface area contributed by atoms with E-state index in [1.807, 2.05) is 41.2 Å². The summed E-state index contributed by atoms with van der Waals surface area (Å²) in [5, 5.41) is 18.4. The number of piperidine rings is 3. The highest BCUT2D eigenvalue weighted by Gasteiger charge is 2.44. The normalized spacial score (nSPS) is 25.3. The largest absolute Gasteiger partial charge is 0.508 e. The summed E-state index contributed by atoms with van der Waals surface area (Å²) in [6.45, 7) is 5.78. The van der Waals surface area contributed by atoms with Crippen molar-refractivity contribution < 1.29 is 14.6 Å². The molecule has 37 heavy (non-hydrogen) atoms. The molecule has 4 fully saturated rings. The molecular formula is C28H34N6O3. The van der Waals surface area contributed by atoms with E-state index < -0.39 is 0 Å². The summed E-state index contributed by atoms with van der Waals surface area (Å²) in [6, 6.07) is 15.5. The molecule has 1 unspecified atom stereocenters. The monoisotopic (exact) mass is 502 g/mol. The van der Waals surface area contributed by atoms with E-state index in [0.29, 0.717) is 17.9 Å². The van der Waals surface area contributed by atoms with Crippen LogP contribution in [0.3, 0.4) is 0 Å². The number of hydrogen-bond donors (Lipinski definition) is 1. The van der Waals surface area contributed by atoms with Gasteiger partial charge in [0.1, 0.15) is 17.2 Å². The van der Waals surface area contributed by atoms with E-state index in [0.717, 1.165) is 81.3 Å². The number of piperazine rings is 1. The third-order valence-electron chi connectivity index (χ3n) is 8.29. The molecule has 5 heterocycles. The molecule has 0 spiro atoms. The quantitative estimate of drug-likeness (QED) is 0.555. The number of aromatic nitrogens is 3. The Morgan fingerprint density at radius 2 is 1.92 bits per heavy atom. The Bertz CT molecular complexity index is 1250. The summed E-state index contributed by atoms with van der Waals surface area (Å²) in [7, 11) is 1.70. The van der Waals surface area contributed by atoms with E-state index in [-0.39, 0.29) is 11.7 Å². The van der Waals surface area contributed by atoms with Crippen LogP contribution in [0.4, 0.5) is 5.69 Å². The van der Waals surface area contributed by atoms with Crippen LogP contribution in [0.1, 0.15) is 12.8 Å². The molecule has 1 aromatic heterocycles. The van der Waals surface area contributed by atoms with Crippen LogP contribution in [0, 0.1) is 11.8 Å². The number of para-hydroxylation sites is 2. The fraction of sp³-hybridized carbons (Fsp3) is 0.464. The van der Waals surface area contributed by atoms with E-state index in [2.05, 4.69) is 31.1 Å². The molecule has 4 atom stereocenters. The molecule has 3 aromatic rings. The molecular weight excluding hydrogens is 468 g/mol. The Morgan fingerprint density at radius 3 is 2.68 bits per heavy atom. The van der Waals surface area contributed by atoms with Crippen molar-refractivity contribution in [1.29, 1.82) is 0 Å². The predicted molar refractivity (Wildman–Crippen MR) is 140 cm³/mol. The van der Waals surface area contributed by atoms with E-state index >= 15 is 0 Å². The number of anilines is 1. The minimum atomic E-state index is 0.0846. The summed E-state index contributed by atoms with van der Waals surface area (Å²) in [4.78, 5) is 20.4. The lowest BCUT2D eigenvalue weighted by Crippen LogP contribution is -2.60. The number of carbonyl (C=O) groups excluding carboxylic acids is 1. The first kappa shape index (κ1) is 23.8. The maximum Gasteiger partial charge on any atom is 0.227 e. The van der Waals surface area contributed by atoms with Gasteiger partial charge in [-0.3, -0.25) is 14.4 Å². The Balaban J connectivity index is 1.05. The topological polar surface area (TPSA) is 87.0 Å². The maximum atomic E-state index is 13.6. The molecule has 194 valence electrons. The average molecular weight is 503 g/mol. The highest BCUT2D eigenvalue weighted by Crippen LogP contribution is 2.38. The Labute approximate surface area is 217 Å². The van der Waals surface area contributed by atoms with Crippen LogP contribution in [0.25, 0.3) is 11.3 Å². The van der Waals surface area contributed by atoms with Crippen LogP contribution in [-0.4, -0.2) is 88.2 Å². The van der Waals surface area contributed by atoms with E-state index in [1.165, 1.54) is 0 Å². The van der Waals surface area contributed by atoms with Gasteiger partial charge in [0.25, 0.3) is 0 Å². The number of fused-ring (bicyclic) bond motifs is 3. The maximum absolute atomic E-state index is 13.6. The summed E-state index contributed by atoms with van der Waals surface area (Å²) in [5.41, 5.74) is 2.71. The lowest BCUT2D eigenvalue weighted by atomic mass is 9.75. The van der Waals surface area contributed by atoms with Crippen molar-refractivity contribution in [2.45, 2.75) is 25.4 Å². The van der Waals surface area contributed by atoms with Crippen LogP contribution in [0.5, 0.6) is 11.5 Å². The number of rotatable bonds is 6. The molecule has 2 bridgehead atoms. The third-order valence-corrected chi connectivity index (χ3v) is 8.29. The number of hydrogen-bond acceptors (Lipinski definition) is 7. The number of nitrogens with zero attached hydrogens (tertiary/aromatic N) is 6. The van der Waals surface area contributed by atoms with Crippen molar-refractivity contribution in [3.63, 3.8) is 0 Å². The number of methoxy groups -OCH3 is 1. The minimum absolute atomic E-state index is 0.0846. The third kappa shape index (κ3) is 4.75. The van der Waals surface area contributed by atoms with Crippen LogP contribution < -0.4 is 9.64 Å². The number of phenolic OH excluding ortho intramolecular Hbond substituents is 1. The lowest BCUT2D eigenvalue weighted by molar-refractivity contribution is -0.144. The van der Waals surface area contributed by atoms with Gasteiger partial charge in [0, 0.05) is 44.3 Å². The van der Waals surface area contributed by atoms with Crippen LogP contribution in [0.2, 0.25) is 0 Å². The van der Waals surface area contributed by atoms with E-state index in [4.69, 9.17) is 4.74 Å². The van der Waals surface area contributed by atoms with Gasteiger partial charge in [-0.2, -0.15) is 0 Å². The van der Waals surface area contributed by atoms with Gasteiger partial charge in [0.05, 0.1) is 31.5 Å². The zero-order valence-electron chi connectivity index (χ0n) is 21.2. The second-order valence-corrected chi connectivity index (χ2v) is 10.4. The van der Waals surface area contributed by atoms with Crippen molar-refractivity contribution in [1.82, 2.24) is 24.8 Å². The van der Waals surface area contributed by atoms with Crippen molar-refractivity contribution in [2.24, 2.45) is 11.8 Å². The molecule has 0 saturated carbocycles. The molecule has 1 amide bonds. The summed E-state index contributed by atoms with van der Waals surface area (Å²) in [6.07, 6.45) is 4.04. The molecule has 9 nitrogen and oxygen atoms in total. The predicted octanol–water partition coefficient (Wildman–Crippen LogP) is 2.72. The van der Waals surface area contributed by atoms with Crippen LogP contribution in [0.15, 0.2) is 54.7 Å². The van der Waals surface area contributed by atoms with Gasteiger partial charge in [0.2, 0.25) is 5.91 Å². The van der Waals surface area contributed by atoms with Gasteiger partial charge in [-0.25, -0.2) is 0 Å². The first-order valence-corrected chi connectivity index (χ1v) is 13.2. The summed E-state index contributed by atoms with van der Waals surface area (Å²) < 4.78 is 7.44. The lowest BCUT2D eigenvalue weighted by Gasteiger charge is -2.50. The molecule has 0 aliphatic carbocycles. The molecule has 7 rings (SSSR count). The number of carbonyl (C=O) groups is 1. The standard InChI is InChI=1S/C28H34N6O3/c1-37-27-8-3-2-7-26(27)31-11-13-32(14-12-31)28(36)24-18-33-10-9-20(24)15-22(33)17-34-19-25(29-30-34)21-5-4-6-23(35)16-21/h2-8,16,19-20,22,24,35H,9-15,17-18H2,1H3/t20-,22-,24+/m1/s1. The second kappa shape index (κ2) is 10.0.